The number of hydrogen-bond donors (Lipinski definition) is 3. The quantitative estimate of drug-likeness (QED) is 0.398. The van der Waals surface area contributed by atoms with Crippen molar-refractivity contribution in [1.29, 1.82) is 0 Å². The third kappa shape index (κ3) is 5.14. The first-order valence-electron chi connectivity index (χ1n) is 9.75. The number of aliphatic hydroxyl groups is 1. The number of nitrogens with zero attached hydrogens (tertiary/aromatic N) is 2. The van der Waals surface area contributed by atoms with Crippen molar-refractivity contribution in [2.24, 2.45) is 0 Å². The van der Waals surface area contributed by atoms with Gasteiger partial charge < -0.3 is 28.5 Å². The van der Waals surface area contributed by atoms with Gasteiger partial charge in [-0.2, -0.15) is 0 Å². The Morgan fingerprint density at radius 2 is 1.40 bits per heavy atom. The van der Waals surface area contributed by atoms with Crippen LogP contribution in [0.2, 0.25) is 0 Å². The number of imidazole rings is 1. The fourth-order valence-corrected chi connectivity index (χ4v) is 5.55. The van der Waals surface area contributed by atoms with Crippen LogP contribution < -0.4 is 0 Å². The van der Waals surface area contributed by atoms with Gasteiger partial charge in [-0.1, -0.05) is 60.7 Å². The van der Waals surface area contributed by atoms with Crippen LogP contribution in [-0.2, 0) is 37.9 Å². The summed E-state index contributed by atoms with van der Waals surface area (Å²) in [7, 11) is -11.2. The molecule has 30 heavy (non-hydrogen) atoms. The largest absolute Gasteiger partial charge is 0.374 e. The van der Waals surface area contributed by atoms with E-state index >= 15 is 0 Å². The van der Waals surface area contributed by atoms with Gasteiger partial charge in [-0.15, -0.1) is 0 Å². The van der Waals surface area contributed by atoms with Gasteiger partial charge in [0.1, 0.15) is 0 Å². The monoisotopic (exact) mass is 454 g/mol. The average Bonchev–Trinajstić information content (AvgIpc) is 3.33. The van der Waals surface area contributed by atoms with E-state index in [9.17, 15) is 24.0 Å². The second-order valence-corrected chi connectivity index (χ2v) is 10.5. The number of rotatable bonds is 10. The third-order valence-corrected chi connectivity index (χ3v) is 8.32. The van der Waals surface area contributed by atoms with Gasteiger partial charge in [0.25, 0.3) is 5.08 Å². The molecule has 0 radical (unpaired) electrons. The molecule has 0 amide bonds. The highest BCUT2D eigenvalue weighted by molar-refractivity contribution is 7.72. The number of benzene rings is 2. The molecule has 3 rings (SSSR count). The molecule has 0 bridgehead atoms. The summed E-state index contributed by atoms with van der Waals surface area (Å²) in [6.45, 7) is -4.39. The molecule has 3 aromatic rings. The molecule has 11 heteroatoms. The molecule has 0 spiro atoms. The predicted molar refractivity (Wildman–Crippen MR) is 109 cm³/mol. The van der Waals surface area contributed by atoms with Gasteiger partial charge in [0.2, 0.25) is 0 Å². The van der Waals surface area contributed by atoms with Crippen LogP contribution >= 0.6 is 15.2 Å². The zero-order chi connectivity index (χ0) is 23.5. The van der Waals surface area contributed by atoms with E-state index in [0.717, 1.165) is 18.7 Å². The second-order valence-electron chi connectivity index (χ2n) is 6.28. The highest BCUT2D eigenvalue weighted by atomic mass is 31.2. The van der Waals surface area contributed by atoms with Gasteiger partial charge in [0.15, 0.2) is 0 Å². The Morgan fingerprint density at radius 1 is 0.933 bits per heavy atom. The van der Waals surface area contributed by atoms with Crippen LogP contribution in [0.1, 0.15) is 13.9 Å². The van der Waals surface area contributed by atoms with Crippen molar-refractivity contribution in [3.05, 3.63) is 90.5 Å². The molecule has 2 atom stereocenters. The van der Waals surface area contributed by atoms with Gasteiger partial charge in [-0.25, -0.2) is 4.98 Å². The maximum Gasteiger partial charge on any atom is 0.374 e. The van der Waals surface area contributed by atoms with Gasteiger partial charge in [0, 0.05) is 12.4 Å². The van der Waals surface area contributed by atoms with Crippen molar-refractivity contribution >= 4 is 15.2 Å². The SMILES string of the molecule is [2H]C([2H])(n1ccnc1)C(O)(P(=O)(O)OCc1ccccc1)P(=O)(O)OCc1ccccc1. The van der Waals surface area contributed by atoms with E-state index in [1.54, 1.807) is 60.7 Å². The van der Waals surface area contributed by atoms with Crippen molar-refractivity contribution in [2.75, 3.05) is 0 Å². The maximum atomic E-state index is 13.2. The molecule has 1 aromatic heterocycles. The van der Waals surface area contributed by atoms with E-state index in [2.05, 4.69) is 4.98 Å². The highest BCUT2D eigenvalue weighted by Gasteiger charge is 2.62. The summed E-state index contributed by atoms with van der Waals surface area (Å²) in [4.78, 5) is 25.0. The molecule has 2 aromatic carbocycles. The van der Waals surface area contributed by atoms with Gasteiger partial charge >= 0.3 is 15.2 Å². The van der Waals surface area contributed by atoms with Crippen LogP contribution in [0.4, 0.5) is 0 Å². The van der Waals surface area contributed by atoms with Crippen LogP contribution in [0.25, 0.3) is 0 Å². The summed E-state index contributed by atoms with van der Waals surface area (Å²) in [5, 5.41) is 7.33. The van der Waals surface area contributed by atoms with Gasteiger partial charge in [-0.05, 0) is 11.1 Å². The molecule has 0 saturated carbocycles. The molecule has 2 unspecified atom stereocenters. The molecular weight excluding hydrogens is 430 g/mol. The van der Waals surface area contributed by atoms with E-state index in [0.29, 0.717) is 15.7 Å². The smallest absolute Gasteiger partial charge is 0.366 e. The first kappa shape index (κ1) is 19.8. The van der Waals surface area contributed by atoms with E-state index in [-0.39, 0.29) is 0 Å². The van der Waals surface area contributed by atoms with Crippen LogP contribution in [0, 0.1) is 0 Å². The summed E-state index contributed by atoms with van der Waals surface area (Å²) in [5.41, 5.74) is 0.843. The normalized spacial score (nSPS) is 19.0. The summed E-state index contributed by atoms with van der Waals surface area (Å²) >= 11 is 0. The van der Waals surface area contributed by atoms with Crippen molar-refractivity contribution in [3.63, 3.8) is 0 Å². The first-order chi connectivity index (χ1) is 15.0. The van der Waals surface area contributed by atoms with Crippen molar-refractivity contribution in [1.82, 2.24) is 9.55 Å². The molecule has 0 aliphatic heterocycles. The lowest BCUT2D eigenvalue weighted by molar-refractivity contribution is 0.0864. The standard InChI is InChI=1S/C19H22N2O7P2/c22-19(15-21-12-11-20-16-21,29(23,24)27-13-17-7-3-1-4-8-17)30(25,26)28-14-18-9-5-2-6-10-18/h1-12,16,22H,13-15H2,(H,23,24)(H,25,26)/i15D2. The Bertz CT molecular complexity index is 1050. The minimum Gasteiger partial charge on any atom is -0.366 e. The Hall–Kier alpha value is -2.09. The zero-order valence-electron chi connectivity index (χ0n) is 17.7. The highest BCUT2D eigenvalue weighted by Crippen LogP contribution is 2.73. The van der Waals surface area contributed by atoms with Gasteiger partial charge in [-0.3, -0.25) is 9.13 Å². The van der Waals surface area contributed by atoms with E-state index < -0.39 is 40.0 Å². The number of hydrogen-bond acceptors (Lipinski definition) is 6. The third-order valence-electron chi connectivity index (χ3n) is 4.07. The summed E-state index contributed by atoms with van der Waals surface area (Å²) in [5.74, 6) is 0. The zero-order valence-corrected chi connectivity index (χ0v) is 17.5. The topological polar surface area (TPSA) is 131 Å². The molecule has 0 fully saturated rings. The van der Waals surface area contributed by atoms with Crippen molar-refractivity contribution in [3.8, 4) is 0 Å². The van der Waals surface area contributed by atoms with Crippen LogP contribution in [-0.4, -0.2) is 29.5 Å². The van der Waals surface area contributed by atoms with E-state index in [4.69, 9.17) is 11.8 Å². The van der Waals surface area contributed by atoms with Crippen LogP contribution in [0.15, 0.2) is 79.4 Å². The molecule has 1 heterocycles. The Labute approximate surface area is 176 Å². The molecular formula is C19H22N2O7P2. The molecule has 160 valence electrons. The minimum atomic E-state index is -5.59. The molecule has 3 N–H and O–H groups in total. The lowest BCUT2D eigenvalue weighted by Crippen LogP contribution is -2.35. The number of aromatic nitrogens is 2. The molecule has 0 aliphatic carbocycles. The lowest BCUT2D eigenvalue weighted by atomic mass is 10.2. The average molecular weight is 454 g/mol. The predicted octanol–water partition coefficient (Wildman–Crippen LogP) is 3.33. The van der Waals surface area contributed by atoms with Crippen molar-refractivity contribution in [2.45, 2.75) is 24.8 Å². The summed E-state index contributed by atoms with van der Waals surface area (Å²) in [6, 6.07) is 16.2. The second kappa shape index (κ2) is 9.37. The minimum absolute atomic E-state index is 0.422. The Balaban J connectivity index is 2.00. The molecule has 0 aliphatic rings. The Morgan fingerprint density at radius 3 is 1.80 bits per heavy atom. The first-order valence-corrected chi connectivity index (χ1v) is 11.9. The van der Waals surface area contributed by atoms with E-state index in [1.807, 2.05) is 0 Å². The Kier molecular flexibility index (Phi) is 6.20. The summed E-state index contributed by atoms with van der Waals surface area (Å²) in [6.07, 6.45) is 3.05. The molecule has 9 nitrogen and oxygen atoms in total. The molecule has 0 saturated heterocycles. The van der Waals surface area contributed by atoms with Crippen molar-refractivity contribution < 1.29 is 35.8 Å². The fraction of sp³-hybridized carbons (Fsp3) is 0.211. The van der Waals surface area contributed by atoms with Crippen LogP contribution in [0.3, 0.4) is 0 Å². The van der Waals surface area contributed by atoms with E-state index in [1.165, 1.54) is 0 Å². The van der Waals surface area contributed by atoms with Gasteiger partial charge in [0.05, 0.1) is 28.8 Å². The maximum absolute atomic E-state index is 13.2. The van der Waals surface area contributed by atoms with Crippen LogP contribution in [0.5, 0.6) is 0 Å². The fourth-order valence-electron chi connectivity index (χ4n) is 2.44. The summed E-state index contributed by atoms with van der Waals surface area (Å²) < 4.78 is 53.6. The lowest BCUT2D eigenvalue weighted by Gasteiger charge is -2.34.